The van der Waals surface area contributed by atoms with Crippen LogP contribution in [0.3, 0.4) is 0 Å². The molecule has 0 saturated heterocycles. The molecule has 2 aromatic rings. The molecule has 0 aliphatic rings. The van der Waals surface area contributed by atoms with Gasteiger partial charge in [-0.25, -0.2) is 0 Å². The molecule has 0 fully saturated rings. The minimum Gasteiger partial charge on any atom is -0.508 e. The highest BCUT2D eigenvalue weighted by atomic mass is 16.3. The Morgan fingerprint density at radius 2 is 1.76 bits per heavy atom. The van der Waals surface area contributed by atoms with Gasteiger partial charge in [0, 0.05) is 12.6 Å². The average molecular weight is 284 g/mol. The van der Waals surface area contributed by atoms with E-state index in [1.165, 1.54) is 0 Å². The summed E-state index contributed by atoms with van der Waals surface area (Å²) in [7, 11) is 0. The molecule has 1 amide bonds. The number of aromatic hydroxyl groups is 1. The summed E-state index contributed by atoms with van der Waals surface area (Å²) in [6.45, 7) is 0.549. The SMILES string of the molecule is NC(CCNC(=O)Cc1ccc(O)cc1)c1ccccc1. The molecule has 2 aromatic carbocycles. The number of amides is 1. The molecular weight excluding hydrogens is 264 g/mol. The summed E-state index contributed by atoms with van der Waals surface area (Å²) >= 11 is 0. The molecule has 0 aliphatic heterocycles. The van der Waals surface area contributed by atoms with Gasteiger partial charge in [0.05, 0.1) is 6.42 Å². The lowest BCUT2D eigenvalue weighted by Gasteiger charge is -2.12. The van der Waals surface area contributed by atoms with Crippen molar-refractivity contribution in [1.29, 1.82) is 0 Å². The average Bonchev–Trinajstić information content (AvgIpc) is 2.50. The van der Waals surface area contributed by atoms with E-state index in [0.717, 1.165) is 11.1 Å². The molecular formula is C17H20N2O2. The van der Waals surface area contributed by atoms with Gasteiger partial charge in [0.1, 0.15) is 5.75 Å². The van der Waals surface area contributed by atoms with Crippen molar-refractivity contribution in [1.82, 2.24) is 5.32 Å². The van der Waals surface area contributed by atoms with Crippen molar-refractivity contribution in [3.05, 3.63) is 65.7 Å². The standard InChI is InChI=1S/C17H20N2O2/c18-16(14-4-2-1-3-5-14)10-11-19-17(21)12-13-6-8-15(20)9-7-13/h1-9,16,20H,10-12,18H2,(H,19,21). The van der Waals surface area contributed by atoms with Gasteiger partial charge in [0.2, 0.25) is 5.91 Å². The molecule has 0 radical (unpaired) electrons. The van der Waals surface area contributed by atoms with Crippen LogP contribution in [0, 0.1) is 0 Å². The van der Waals surface area contributed by atoms with Crippen molar-refractivity contribution in [3.63, 3.8) is 0 Å². The highest BCUT2D eigenvalue weighted by molar-refractivity contribution is 5.78. The summed E-state index contributed by atoms with van der Waals surface area (Å²) in [6, 6.07) is 16.4. The van der Waals surface area contributed by atoms with Crippen LogP contribution in [0.2, 0.25) is 0 Å². The highest BCUT2D eigenvalue weighted by Crippen LogP contribution is 2.12. The van der Waals surface area contributed by atoms with E-state index in [4.69, 9.17) is 5.73 Å². The van der Waals surface area contributed by atoms with Gasteiger partial charge in [-0.1, -0.05) is 42.5 Å². The van der Waals surface area contributed by atoms with Gasteiger partial charge < -0.3 is 16.2 Å². The van der Waals surface area contributed by atoms with Crippen molar-refractivity contribution < 1.29 is 9.90 Å². The summed E-state index contributed by atoms with van der Waals surface area (Å²) in [4.78, 5) is 11.8. The summed E-state index contributed by atoms with van der Waals surface area (Å²) in [5.41, 5.74) is 8.02. The molecule has 4 nitrogen and oxygen atoms in total. The van der Waals surface area contributed by atoms with Crippen molar-refractivity contribution >= 4 is 5.91 Å². The van der Waals surface area contributed by atoms with Crippen LogP contribution in [-0.4, -0.2) is 17.6 Å². The number of benzene rings is 2. The van der Waals surface area contributed by atoms with E-state index in [2.05, 4.69) is 5.32 Å². The third-order valence-electron chi connectivity index (χ3n) is 3.31. The maximum Gasteiger partial charge on any atom is 0.224 e. The fourth-order valence-corrected chi connectivity index (χ4v) is 2.10. The van der Waals surface area contributed by atoms with Gasteiger partial charge in [-0.2, -0.15) is 0 Å². The number of nitrogens with one attached hydrogen (secondary N) is 1. The van der Waals surface area contributed by atoms with E-state index in [1.807, 2.05) is 30.3 Å². The zero-order valence-corrected chi connectivity index (χ0v) is 11.8. The molecule has 1 atom stereocenters. The molecule has 21 heavy (non-hydrogen) atoms. The van der Waals surface area contributed by atoms with Crippen LogP contribution in [-0.2, 0) is 11.2 Å². The van der Waals surface area contributed by atoms with E-state index >= 15 is 0 Å². The zero-order valence-electron chi connectivity index (χ0n) is 11.8. The van der Waals surface area contributed by atoms with Crippen LogP contribution in [0.1, 0.15) is 23.6 Å². The van der Waals surface area contributed by atoms with Gasteiger partial charge in [0.25, 0.3) is 0 Å². The number of nitrogens with two attached hydrogens (primary N) is 1. The Hall–Kier alpha value is -2.33. The Labute approximate surface area is 124 Å². The van der Waals surface area contributed by atoms with Gasteiger partial charge >= 0.3 is 0 Å². The van der Waals surface area contributed by atoms with Gasteiger partial charge in [-0.15, -0.1) is 0 Å². The normalized spacial score (nSPS) is 11.9. The lowest BCUT2D eigenvalue weighted by Crippen LogP contribution is -2.28. The quantitative estimate of drug-likeness (QED) is 0.760. The number of rotatable bonds is 6. The second-order valence-corrected chi connectivity index (χ2v) is 5.00. The lowest BCUT2D eigenvalue weighted by atomic mass is 10.0. The first-order chi connectivity index (χ1) is 10.1. The number of hydrogen-bond donors (Lipinski definition) is 3. The fraction of sp³-hybridized carbons (Fsp3) is 0.235. The van der Waals surface area contributed by atoms with Crippen LogP contribution in [0.5, 0.6) is 5.75 Å². The first-order valence-electron chi connectivity index (χ1n) is 7.00. The van der Waals surface area contributed by atoms with Crippen molar-refractivity contribution in [3.8, 4) is 5.75 Å². The third kappa shape index (κ3) is 4.93. The van der Waals surface area contributed by atoms with E-state index in [1.54, 1.807) is 24.3 Å². The Bertz CT molecular complexity index is 567. The summed E-state index contributed by atoms with van der Waals surface area (Å²) in [6.07, 6.45) is 1.01. The Kier molecular flexibility index (Phi) is 5.35. The molecule has 1 unspecified atom stereocenters. The third-order valence-corrected chi connectivity index (χ3v) is 3.31. The predicted octanol–water partition coefficient (Wildman–Crippen LogP) is 2.14. The number of carbonyl (C=O) groups is 1. The van der Waals surface area contributed by atoms with Crippen molar-refractivity contribution in [2.45, 2.75) is 18.9 Å². The molecule has 0 bridgehead atoms. The minimum absolute atomic E-state index is 0.0408. The number of hydrogen-bond acceptors (Lipinski definition) is 3. The first kappa shape index (κ1) is 15.1. The summed E-state index contributed by atoms with van der Waals surface area (Å²) in [5, 5.41) is 12.1. The molecule has 0 heterocycles. The van der Waals surface area contributed by atoms with E-state index < -0.39 is 0 Å². The molecule has 2 rings (SSSR count). The summed E-state index contributed by atoms with van der Waals surface area (Å²) in [5.74, 6) is 0.161. The van der Waals surface area contributed by atoms with Gasteiger partial charge in [-0.05, 0) is 29.7 Å². The first-order valence-corrected chi connectivity index (χ1v) is 7.00. The maximum absolute atomic E-state index is 11.8. The number of phenols is 1. The molecule has 0 spiro atoms. The zero-order chi connectivity index (χ0) is 15.1. The van der Waals surface area contributed by atoms with E-state index in [0.29, 0.717) is 19.4 Å². The smallest absolute Gasteiger partial charge is 0.224 e. The topological polar surface area (TPSA) is 75.3 Å². The lowest BCUT2D eigenvalue weighted by molar-refractivity contribution is -0.120. The van der Waals surface area contributed by atoms with E-state index in [9.17, 15) is 9.90 Å². The van der Waals surface area contributed by atoms with Gasteiger partial charge in [-0.3, -0.25) is 4.79 Å². The second kappa shape index (κ2) is 7.45. The van der Waals surface area contributed by atoms with Crippen LogP contribution in [0.15, 0.2) is 54.6 Å². The largest absolute Gasteiger partial charge is 0.508 e. The van der Waals surface area contributed by atoms with Gasteiger partial charge in [0.15, 0.2) is 0 Å². The predicted molar refractivity (Wildman–Crippen MR) is 82.8 cm³/mol. The number of carbonyl (C=O) groups excluding carboxylic acids is 1. The van der Waals surface area contributed by atoms with Crippen LogP contribution < -0.4 is 11.1 Å². The molecule has 0 aromatic heterocycles. The monoisotopic (exact) mass is 284 g/mol. The molecule has 110 valence electrons. The Morgan fingerprint density at radius 3 is 2.43 bits per heavy atom. The second-order valence-electron chi connectivity index (χ2n) is 5.00. The van der Waals surface area contributed by atoms with Crippen LogP contribution in [0.25, 0.3) is 0 Å². The van der Waals surface area contributed by atoms with Crippen LogP contribution in [0.4, 0.5) is 0 Å². The maximum atomic E-state index is 11.8. The van der Waals surface area contributed by atoms with Crippen molar-refractivity contribution in [2.75, 3.05) is 6.54 Å². The fourth-order valence-electron chi connectivity index (χ4n) is 2.10. The Morgan fingerprint density at radius 1 is 1.10 bits per heavy atom. The molecule has 0 aliphatic carbocycles. The Balaban J connectivity index is 1.73. The highest BCUT2D eigenvalue weighted by Gasteiger charge is 2.07. The molecule has 0 saturated carbocycles. The molecule has 4 N–H and O–H groups in total. The van der Waals surface area contributed by atoms with Crippen molar-refractivity contribution in [2.24, 2.45) is 5.73 Å². The van der Waals surface area contributed by atoms with Crippen LogP contribution >= 0.6 is 0 Å². The minimum atomic E-state index is -0.0693. The number of phenolic OH excluding ortho intramolecular Hbond substituents is 1. The molecule has 4 heteroatoms. The summed E-state index contributed by atoms with van der Waals surface area (Å²) < 4.78 is 0. The van der Waals surface area contributed by atoms with E-state index in [-0.39, 0.29) is 17.7 Å².